The Morgan fingerprint density at radius 2 is 2.32 bits per heavy atom. The van der Waals surface area contributed by atoms with Gasteiger partial charge >= 0.3 is 0 Å². The van der Waals surface area contributed by atoms with Crippen molar-refractivity contribution in [2.75, 3.05) is 13.2 Å². The topological polar surface area (TPSA) is 84.2 Å². The van der Waals surface area contributed by atoms with Crippen LogP contribution in [0.15, 0.2) is 34.8 Å². The van der Waals surface area contributed by atoms with Crippen LogP contribution in [0.1, 0.15) is 4.88 Å². The lowest BCUT2D eigenvalue weighted by Crippen LogP contribution is -2.25. The van der Waals surface area contributed by atoms with Crippen molar-refractivity contribution in [2.24, 2.45) is 0 Å². The van der Waals surface area contributed by atoms with E-state index in [1.165, 1.54) is 17.1 Å². The molecule has 2 aromatic rings. The molecular formula is C11H15N3O3S2. The number of thiophene rings is 1. The van der Waals surface area contributed by atoms with Crippen molar-refractivity contribution in [1.29, 1.82) is 0 Å². The highest BCUT2D eigenvalue weighted by molar-refractivity contribution is 7.89. The summed E-state index contributed by atoms with van der Waals surface area (Å²) in [5.74, 6) is 0. The molecule has 19 heavy (non-hydrogen) atoms. The molecule has 0 saturated heterocycles. The van der Waals surface area contributed by atoms with Gasteiger partial charge < -0.3 is 5.11 Å². The minimum atomic E-state index is -3.52. The van der Waals surface area contributed by atoms with E-state index in [0.717, 1.165) is 4.88 Å². The molecule has 0 unspecified atom stereocenters. The van der Waals surface area contributed by atoms with Crippen LogP contribution in [0.5, 0.6) is 0 Å². The molecule has 0 aromatic carbocycles. The molecule has 0 aliphatic heterocycles. The largest absolute Gasteiger partial charge is 0.394 e. The van der Waals surface area contributed by atoms with Crippen molar-refractivity contribution in [3.05, 3.63) is 34.8 Å². The summed E-state index contributed by atoms with van der Waals surface area (Å²) in [4.78, 5) is 1.26. The Labute approximate surface area is 115 Å². The second-order valence-corrected chi connectivity index (χ2v) is 6.69. The summed E-state index contributed by atoms with van der Waals surface area (Å²) in [5.41, 5.74) is 0. The van der Waals surface area contributed by atoms with Gasteiger partial charge in [0.05, 0.1) is 19.3 Å². The lowest BCUT2D eigenvalue weighted by atomic mass is 10.3. The number of aliphatic hydroxyl groups excluding tert-OH is 1. The smallest absolute Gasteiger partial charge is 0.243 e. The van der Waals surface area contributed by atoms with Crippen LogP contribution >= 0.6 is 11.3 Å². The lowest BCUT2D eigenvalue weighted by Gasteiger charge is -2.03. The molecule has 0 aliphatic carbocycles. The van der Waals surface area contributed by atoms with Gasteiger partial charge in [0.2, 0.25) is 10.0 Å². The summed E-state index contributed by atoms with van der Waals surface area (Å²) < 4.78 is 27.8. The molecule has 0 spiro atoms. The maximum absolute atomic E-state index is 12.0. The molecule has 0 atom stereocenters. The fraction of sp³-hybridized carbons (Fsp3) is 0.364. The van der Waals surface area contributed by atoms with Crippen molar-refractivity contribution in [3.8, 4) is 0 Å². The molecule has 0 saturated carbocycles. The van der Waals surface area contributed by atoms with Gasteiger partial charge in [0.1, 0.15) is 4.90 Å². The SMILES string of the molecule is O=S(=O)(NCCc1cccs1)c1cnn(CCO)c1. The van der Waals surface area contributed by atoms with E-state index in [0.29, 0.717) is 13.0 Å². The number of aromatic nitrogens is 2. The average Bonchev–Trinajstić information content (AvgIpc) is 3.00. The van der Waals surface area contributed by atoms with Crippen LogP contribution in [-0.4, -0.2) is 36.5 Å². The molecule has 0 fully saturated rings. The van der Waals surface area contributed by atoms with Gasteiger partial charge in [-0.15, -0.1) is 11.3 Å². The van der Waals surface area contributed by atoms with E-state index in [2.05, 4.69) is 9.82 Å². The van der Waals surface area contributed by atoms with E-state index in [1.54, 1.807) is 11.3 Å². The number of nitrogens with one attached hydrogen (secondary N) is 1. The van der Waals surface area contributed by atoms with E-state index in [9.17, 15) is 8.42 Å². The Bertz CT molecular complexity index is 605. The number of hydrogen-bond acceptors (Lipinski definition) is 5. The fourth-order valence-electron chi connectivity index (χ4n) is 1.55. The molecule has 104 valence electrons. The third-order valence-corrected chi connectivity index (χ3v) is 4.84. The molecule has 0 aliphatic rings. The molecule has 2 N–H and O–H groups in total. The molecule has 6 nitrogen and oxygen atoms in total. The quantitative estimate of drug-likeness (QED) is 0.778. The molecular weight excluding hydrogens is 286 g/mol. The van der Waals surface area contributed by atoms with Gasteiger partial charge in [0.25, 0.3) is 0 Å². The first kappa shape index (κ1) is 14.2. The first-order chi connectivity index (χ1) is 9.12. The number of nitrogens with zero attached hydrogens (tertiary/aromatic N) is 2. The standard InChI is InChI=1S/C11H15N3O3S2/c15-6-5-14-9-11(8-12-14)19(16,17)13-4-3-10-2-1-7-18-10/h1-2,7-9,13,15H,3-6H2. The third-order valence-electron chi connectivity index (χ3n) is 2.49. The maximum atomic E-state index is 12.0. The van der Waals surface area contributed by atoms with E-state index in [4.69, 9.17) is 5.11 Å². The summed E-state index contributed by atoms with van der Waals surface area (Å²) in [7, 11) is -3.52. The maximum Gasteiger partial charge on any atom is 0.243 e. The second kappa shape index (κ2) is 6.29. The monoisotopic (exact) mass is 301 g/mol. The summed E-state index contributed by atoms with van der Waals surface area (Å²) >= 11 is 1.60. The normalized spacial score (nSPS) is 11.8. The number of sulfonamides is 1. The van der Waals surface area contributed by atoms with Gasteiger partial charge in [-0.1, -0.05) is 6.07 Å². The van der Waals surface area contributed by atoms with Crippen molar-refractivity contribution < 1.29 is 13.5 Å². The van der Waals surface area contributed by atoms with Crippen LogP contribution in [0.25, 0.3) is 0 Å². The van der Waals surface area contributed by atoms with Crippen LogP contribution in [0.2, 0.25) is 0 Å². The van der Waals surface area contributed by atoms with Crippen molar-refractivity contribution in [3.63, 3.8) is 0 Å². The second-order valence-electron chi connectivity index (χ2n) is 3.89. The Morgan fingerprint density at radius 3 is 3.00 bits per heavy atom. The van der Waals surface area contributed by atoms with E-state index in [1.807, 2.05) is 17.5 Å². The van der Waals surface area contributed by atoms with Crippen molar-refractivity contribution >= 4 is 21.4 Å². The molecule has 2 heterocycles. The van der Waals surface area contributed by atoms with E-state index in [-0.39, 0.29) is 18.0 Å². The van der Waals surface area contributed by atoms with Gasteiger partial charge in [-0.25, -0.2) is 13.1 Å². The highest BCUT2D eigenvalue weighted by Gasteiger charge is 2.15. The van der Waals surface area contributed by atoms with Gasteiger partial charge in [0.15, 0.2) is 0 Å². The van der Waals surface area contributed by atoms with Crippen LogP contribution in [0.4, 0.5) is 0 Å². The predicted octanol–water partition coefficient (Wildman–Crippen LogP) is 0.458. The average molecular weight is 301 g/mol. The predicted molar refractivity (Wildman–Crippen MR) is 72.5 cm³/mol. The highest BCUT2D eigenvalue weighted by atomic mass is 32.2. The summed E-state index contributed by atoms with van der Waals surface area (Å²) in [6.07, 6.45) is 3.36. The molecule has 0 radical (unpaired) electrons. The van der Waals surface area contributed by atoms with Crippen LogP contribution < -0.4 is 4.72 Å². The summed E-state index contributed by atoms with van der Waals surface area (Å²) in [6, 6.07) is 3.91. The highest BCUT2D eigenvalue weighted by Crippen LogP contribution is 2.10. The van der Waals surface area contributed by atoms with Crippen LogP contribution in [0, 0.1) is 0 Å². The zero-order chi connectivity index (χ0) is 13.7. The van der Waals surface area contributed by atoms with E-state index >= 15 is 0 Å². The lowest BCUT2D eigenvalue weighted by molar-refractivity contribution is 0.269. The van der Waals surface area contributed by atoms with Gasteiger partial charge in [-0.05, 0) is 17.9 Å². The van der Waals surface area contributed by atoms with Crippen molar-refractivity contribution in [1.82, 2.24) is 14.5 Å². The molecule has 0 amide bonds. The van der Waals surface area contributed by atoms with Crippen LogP contribution in [0.3, 0.4) is 0 Å². The van der Waals surface area contributed by atoms with E-state index < -0.39 is 10.0 Å². The number of aliphatic hydroxyl groups is 1. The first-order valence-electron chi connectivity index (χ1n) is 5.77. The Balaban J connectivity index is 1.93. The Hall–Kier alpha value is -1.22. The van der Waals surface area contributed by atoms with Gasteiger partial charge in [0, 0.05) is 17.6 Å². The molecule has 2 rings (SSSR count). The molecule has 0 bridgehead atoms. The minimum absolute atomic E-state index is 0.0764. The molecule has 2 aromatic heterocycles. The zero-order valence-electron chi connectivity index (χ0n) is 10.2. The van der Waals surface area contributed by atoms with Gasteiger partial charge in [-0.2, -0.15) is 5.10 Å². The minimum Gasteiger partial charge on any atom is -0.394 e. The van der Waals surface area contributed by atoms with Crippen molar-refractivity contribution in [2.45, 2.75) is 17.9 Å². The fourth-order valence-corrected chi connectivity index (χ4v) is 3.25. The zero-order valence-corrected chi connectivity index (χ0v) is 11.8. The summed E-state index contributed by atoms with van der Waals surface area (Å²) in [6.45, 7) is 0.561. The third kappa shape index (κ3) is 3.87. The first-order valence-corrected chi connectivity index (χ1v) is 8.13. The number of hydrogen-bond donors (Lipinski definition) is 2. The van der Waals surface area contributed by atoms with Gasteiger partial charge in [-0.3, -0.25) is 4.68 Å². The summed E-state index contributed by atoms with van der Waals surface area (Å²) in [5, 5.41) is 14.6. The van der Waals surface area contributed by atoms with Crippen LogP contribution in [-0.2, 0) is 23.0 Å². The Morgan fingerprint density at radius 1 is 1.47 bits per heavy atom. The molecule has 8 heteroatoms. The Kier molecular flexibility index (Phi) is 4.70. The number of rotatable bonds is 7.